The van der Waals surface area contributed by atoms with E-state index in [-0.39, 0.29) is 0 Å². The molecule has 1 amide bonds. The summed E-state index contributed by atoms with van der Waals surface area (Å²) in [5, 5.41) is 10.2. The van der Waals surface area contributed by atoms with Gasteiger partial charge in [0.15, 0.2) is 5.75 Å². The van der Waals surface area contributed by atoms with Gasteiger partial charge < -0.3 is 15.4 Å². The second kappa shape index (κ2) is 14.7. The standard InChI is InChI=1S/C18H18ClN3O2.C12H17N/c1-3-4-5-8-15(12-19)22-18(11-14(2)21-22)24-17-10-7-6-9-16(17)20-13-23;1-13-12-8-6-11(7-9-12)10-4-2-3-5-10/h3-13H,1-2H3,(H,20,23);6-10,13H,2-5H2,1H3/b4-3-,8-5-,15-12-;. The van der Waals surface area contributed by atoms with Gasteiger partial charge in [-0.1, -0.05) is 66.9 Å². The average Bonchev–Trinajstić information content (AvgIpc) is 3.59. The van der Waals surface area contributed by atoms with Crippen LogP contribution in [0.1, 0.15) is 49.8 Å². The molecule has 1 heterocycles. The molecular formula is C30H35ClN4O2. The lowest BCUT2D eigenvalue weighted by Crippen LogP contribution is -2.02. The zero-order valence-corrected chi connectivity index (χ0v) is 22.4. The number of rotatable bonds is 9. The number of hydrogen-bond donors (Lipinski definition) is 2. The Morgan fingerprint density at radius 1 is 1.11 bits per heavy atom. The predicted octanol–water partition coefficient (Wildman–Crippen LogP) is 8.11. The van der Waals surface area contributed by atoms with Crippen LogP contribution in [0.4, 0.5) is 11.4 Å². The minimum Gasteiger partial charge on any atom is -0.437 e. The van der Waals surface area contributed by atoms with Gasteiger partial charge in [-0.15, -0.1) is 0 Å². The molecule has 1 saturated carbocycles. The Bertz CT molecular complexity index is 1220. The number of nitrogens with one attached hydrogen (secondary N) is 2. The minimum absolute atomic E-state index is 0.490. The van der Waals surface area contributed by atoms with E-state index >= 15 is 0 Å². The third kappa shape index (κ3) is 8.12. The maximum Gasteiger partial charge on any atom is 0.222 e. The summed E-state index contributed by atoms with van der Waals surface area (Å²) in [6.07, 6.45) is 13.7. The number of benzene rings is 2. The summed E-state index contributed by atoms with van der Waals surface area (Å²) in [6.45, 7) is 3.79. The lowest BCUT2D eigenvalue weighted by molar-refractivity contribution is -0.105. The highest BCUT2D eigenvalue weighted by Crippen LogP contribution is 2.34. The molecule has 0 bridgehead atoms. The molecule has 6 nitrogen and oxygen atoms in total. The first-order valence-electron chi connectivity index (χ1n) is 12.5. The molecule has 1 aliphatic carbocycles. The first-order valence-corrected chi connectivity index (χ1v) is 12.9. The highest BCUT2D eigenvalue weighted by molar-refractivity contribution is 6.28. The minimum atomic E-state index is 0.490. The van der Waals surface area contributed by atoms with Gasteiger partial charge in [-0.2, -0.15) is 9.78 Å². The second-order valence-corrected chi connectivity index (χ2v) is 8.89. The third-order valence-electron chi connectivity index (χ3n) is 6.07. The van der Waals surface area contributed by atoms with Crippen LogP contribution in [0.3, 0.4) is 0 Å². The molecule has 194 valence electrons. The molecule has 37 heavy (non-hydrogen) atoms. The van der Waals surface area contributed by atoms with Gasteiger partial charge in [-0.25, -0.2) is 0 Å². The number of carbonyl (C=O) groups is 1. The summed E-state index contributed by atoms with van der Waals surface area (Å²) >= 11 is 5.93. The van der Waals surface area contributed by atoms with Crippen molar-refractivity contribution in [1.29, 1.82) is 0 Å². The summed E-state index contributed by atoms with van der Waals surface area (Å²) in [5.74, 6) is 1.84. The van der Waals surface area contributed by atoms with E-state index in [9.17, 15) is 4.79 Å². The number of carbonyl (C=O) groups excluding carboxylic acids is 1. The number of halogens is 1. The van der Waals surface area contributed by atoms with E-state index in [1.165, 1.54) is 42.5 Å². The Labute approximate surface area is 224 Å². The van der Waals surface area contributed by atoms with Crippen LogP contribution < -0.4 is 15.4 Å². The summed E-state index contributed by atoms with van der Waals surface area (Å²) in [7, 11) is 1.96. The van der Waals surface area contributed by atoms with Crippen LogP contribution in [0.15, 0.2) is 84.4 Å². The molecule has 0 radical (unpaired) electrons. The summed E-state index contributed by atoms with van der Waals surface area (Å²) < 4.78 is 7.53. The van der Waals surface area contributed by atoms with Crippen LogP contribution in [-0.4, -0.2) is 23.2 Å². The Kier molecular flexibility index (Phi) is 11.1. The molecule has 0 aliphatic heterocycles. The zero-order chi connectivity index (χ0) is 26.5. The number of hydrogen-bond acceptors (Lipinski definition) is 4. The number of allylic oxidation sites excluding steroid dienone is 5. The van der Waals surface area contributed by atoms with Crippen LogP contribution in [0.5, 0.6) is 11.6 Å². The van der Waals surface area contributed by atoms with Crippen LogP contribution in [0.25, 0.3) is 5.70 Å². The van der Waals surface area contributed by atoms with E-state index in [4.69, 9.17) is 16.3 Å². The van der Waals surface area contributed by atoms with E-state index in [0.717, 1.165) is 11.6 Å². The maximum absolute atomic E-state index is 10.7. The molecule has 0 spiro atoms. The van der Waals surface area contributed by atoms with E-state index in [2.05, 4.69) is 40.0 Å². The van der Waals surface area contributed by atoms with Crippen molar-refractivity contribution in [2.75, 3.05) is 17.7 Å². The molecule has 2 aromatic carbocycles. The SMILES string of the molecule is CNc1ccc(C2CCCC2)cc1.C\C=C/C=C\C(=C\Cl)n1nc(C)cc1Oc1ccccc1NC=O. The van der Waals surface area contributed by atoms with E-state index in [1.807, 2.05) is 57.3 Å². The van der Waals surface area contributed by atoms with Gasteiger partial charge in [0.2, 0.25) is 12.3 Å². The Morgan fingerprint density at radius 3 is 2.49 bits per heavy atom. The van der Waals surface area contributed by atoms with Crippen molar-refractivity contribution in [1.82, 2.24) is 9.78 Å². The van der Waals surface area contributed by atoms with Gasteiger partial charge in [-0.05, 0) is 68.5 Å². The van der Waals surface area contributed by atoms with E-state index < -0.39 is 0 Å². The third-order valence-corrected chi connectivity index (χ3v) is 6.29. The van der Waals surface area contributed by atoms with E-state index in [0.29, 0.717) is 29.4 Å². The molecule has 2 N–H and O–H groups in total. The maximum atomic E-state index is 10.7. The van der Waals surface area contributed by atoms with Crippen molar-refractivity contribution in [2.45, 2.75) is 45.4 Å². The molecule has 0 atom stereocenters. The molecular weight excluding hydrogens is 484 g/mol. The van der Waals surface area contributed by atoms with Crippen molar-refractivity contribution >= 4 is 35.1 Å². The van der Waals surface area contributed by atoms with Crippen molar-refractivity contribution < 1.29 is 9.53 Å². The van der Waals surface area contributed by atoms with Crippen LogP contribution in [0.2, 0.25) is 0 Å². The van der Waals surface area contributed by atoms with Gasteiger partial charge in [0.05, 0.1) is 17.1 Å². The Balaban J connectivity index is 0.000000244. The summed E-state index contributed by atoms with van der Waals surface area (Å²) in [4.78, 5) is 10.7. The summed E-state index contributed by atoms with van der Waals surface area (Å²) in [6, 6.07) is 17.8. The molecule has 3 aromatic rings. The number of nitrogens with zero attached hydrogens (tertiary/aromatic N) is 2. The quantitative estimate of drug-likeness (QED) is 0.222. The van der Waals surface area contributed by atoms with Gasteiger partial charge in [0.25, 0.3) is 0 Å². The highest BCUT2D eigenvalue weighted by atomic mass is 35.5. The lowest BCUT2D eigenvalue weighted by Gasteiger charge is -2.11. The highest BCUT2D eigenvalue weighted by Gasteiger charge is 2.16. The average molecular weight is 519 g/mol. The lowest BCUT2D eigenvalue weighted by atomic mass is 9.98. The normalized spacial score (nSPS) is 14.0. The smallest absolute Gasteiger partial charge is 0.222 e. The van der Waals surface area contributed by atoms with Gasteiger partial charge in [0.1, 0.15) is 0 Å². The van der Waals surface area contributed by atoms with Crippen molar-refractivity contribution in [3.8, 4) is 11.6 Å². The fourth-order valence-corrected chi connectivity index (χ4v) is 4.35. The topological polar surface area (TPSA) is 68.2 Å². The molecule has 0 unspecified atom stereocenters. The molecule has 7 heteroatoms. The van der Waals surface area contributed by atoms with Crippen molar-refractivity contribution in [3.05, 3.63) is 95.7 Å². The van der Waals surface area contributed by atoms with Gasteiger partial charge in [0, 0.05) is 24.3 Å². The number of aromatic nitrogens is 2. The fraction of sp³-hybridized carbons (Fsp3) is 0.267. The van der Waals surface area contributed by atoms with Crippen LogP contribution in [-0.2, 0) is 4.79 Å². The zero-order valence-electron chi connectivity index (χ0n) is 21.7. The fourth-order valence-electron chi connectivity index (χ4n) is 4.18. The number of amides is 1. The molecule has 4 rings (SSSR count). The summed E-state index contributed by atoms with van der Waals surface area (Å²) in [5.41, 5.74) is 6.16. The number of ether oxygens (including phenoxy) is 1. The van der Waals surface area contributed by atoms with Crippen molar-refractivity contribution in [2.24, 2.45) is 0 Å². The van der Waals surface area contributed by atoms with E-state index in [1.54, 1.807) is 22.9 Å². The van der Waals surface area contributed by atoms with Crippen LogP contribution in [0, 0.1) is 6.92 Å². The number of para-hydroxylation sites is 2. The molecule has 1 aliphatic rings. The first kappa shape index (κ1) is 27.8. The van der Waals surface area contributed by atoms with Crippen molar-refractivity contribution in [3.63, 3.8) is 0 Å². The van der Waals surface area contributed by atoms with Gasteiger partial charge in [-0.3, -0.25) is 4.79 Å². The molecule has 1 fully saturated rings. The Hall–Kier alpha value is -3.77. The number of anilines is 2. The largest absolute Gasteiger partial charge is 0.437 e. The predicted molar refractivity (Wildman–Crippen MR) is 154 cm³/mol. The van der Waals surface area contributed by atoms with Gasteiger partial charge >= 0.3 is 0 Å². The monoisotopic (exact) mass is 518 g/mol. The first-order chi connectivity index (χ1) is 18.1. The Morgan fingerprint density at radius 2 is 1.84 bits per heavy atom. The second-order valence-electron chi connectivity index (χ2n) is 8.67. The van der Waals surface area contributed by atoms with Crippen LogP contribution >= 0.6 is 11.6 Å². The molecule has 0 saturated heterocycles. The number of aryl methyl sites for hydroxylation is 1. The molecule has 1 aromatic heterocycles.